The molecule has 3 heterocycles. The monoisotopic (exact) mass is 418 g/mol. The van der Waals surface area contributed by atoms with E-state index in [4.69, 9.17) is 0 Å². The topological polar surface area (TPSA) is 143 Å². The highest BCUT2D eigenvalue weighted by molar-refractivity contribution is 7.84. The zero-order chi connectivity index (χ0) is 20.6. The molecule has 3 saturated heterocycles. The fourth-order valence-electron chi connectivity index (χ4n) is 3.79. The summed E-state index contributed by atoms with van der Waals surface area (Å²) in [5.41, 5.74) is 0. The number of carbonyl (C=O) groups is 3. The number of piperidine rings is 2. The number of rotatable bonds is 5. The molecule has 3 rings (SSSR count). The maximum Gasteiger partial charge on any atom is 0.348 e. The maximum absolute atomic E-state index is 12.7. The lowest BCUT2D eigenvalue weighted by molar-refractivity contribution is -0.130. The van der Waals surface area contributed by atoms with Crippen LogP contribution in [0.25, 0.3) is 0 Å². The highest BCUT2D eigenvalue weighted by Crippen LogP contribution is 2.31. The van der Waals surface area contributed by atoms with Crippen molar-refractivity contribution >= 4 is 28.1 Å². The molecule has 13 heteroatoms. The third kappa shape index (κ3) is 4.06. The van der Waals surface area contributed by atoms with Crippen LogP contribution in [0.4, 0.5) is 4.79 Å². The SMILES string of the molecule is CC(=O)N1CCC(NC(=O)[C@@H]2CC[C@@H]3CN2C(=O)N3OS(=O)(=O)N(C)[O-])CC1. The van der Waals surface area contributed by atoms with Crippen LogP contribution in [0, 0.1) is 5.21 Å². The number of hydrogen-bond donors (Lipinski definition) is 1. The Hall–Kier alpha value is -1.96. The van der Waals surface area contributed by atoms with E-state index in [1.165, 1.54) is 11.8 Å². The number of hydrogen-bond acceptors (Lipinski definition) is 7. The van der Waals surface area contributed by atoms with E-state index < -0.39 is 28.4 Å². The van der Waals surface area contributed by atoms with Gasteiger partial charge in [0.25, 0.3) is 0 Å². The van der Waals surface area contributed by atoms with Crippen molar-refractivity contribution in [2.45, 2.75) is 50.7 Å². The number of nitrogens with zero attached hydrogens (tertiary/aromatic N) is 4. The molecule has 4 amide bonds. The van der Waals surface area contributed by atoms with Crippen molar-refractivity contribution in [2.75, 3.05) is 26.7 Å². The van der Waals surface area contributed by atoms with Crippen molar-refractivity contribution in [1.29, 1.82) is 0 Å². The largest absolute Gasteiger partial charge is 0.771 e. The molecule has 1 N–H and O–H groups in total. The van der Waals surface area contributed by atoms with Crippen LogP contribution in [0.2, 0.25) is 0 Å². The molecule has 3 aliphatic rings. The first-order valence-corrected chi connectivity index (χ1v) is 10.5. The van der Waals surface area contributed by atoms with Crippen LogP contribution in [0.1, 0.15) is 32.6 Å². The minimum Gasteiger partial charge on any atom is -0.771 e. The molecular weight excluding hydrogens is 394 g/mol. The molecular formula is C15H24N5O7S-. The van der Waals surface area contributed by atoms with Gasteiger partial charge in [0.05, 0.1) is 6.04 Å². The van der Waals surface area contributed by atoms with Gasteiger partial charge in [0.1, 0.15) is 6.04 Å². The van der Waals surface area contributed by atoms with Gasteiger partial charge in [-0.1, -0.05) is 0 Å². The second-order valence-electron chi connectivity index (χ2n) is 7.24. The van der Waals surface area contributed by atoms with Crippen LogP contribution in [0.5, 0.6) is 0 Å². The average molecular weight is 418 g/mol. The number of hydroxylamine groups is 3. The Morgan fingerprint density at radius 1 is 1.21 bits per heavy atom. The molecule has 0 unspecified atom stereocenters. The first-order valence-electron chi connectivity index (χ1n) is 9.11. The summed E-state index contributed by atoms with van der Waals surface area (Å²) in [5, 5.41) is 14.7. The van der Waals surface area contributed by atoms with Crippen molar-refractivity contribution in [3.05, 3.63) is 5.21 Å². The Morgan fingerprint density at radius 2 is 1.86 bits per heavy atom. The third-order valence-electron chi connectivity index (χ3n) is 5.40. The van der Waals surface area contributed by atoms with Gasteiger partial charge in [-0.05, 0) is 32.7 Å². The normalized spacial score (nSPS) is 26.1. The highest BCUT2D eigenvalue weighted by atomic mass is 32.2. The molecule has 2 atom stereocenters. The number of urea groups is 1. The fourth-order valence-corrected chi connectivity index (χ4v) is 4.27. The van der Waals surface area contributed by atoms with Crippen LogP contribution in [0.15, 0.2) is 0 Å². The van der Waals surface area contributed by atoms with E-state index in [0.717, 1.165) is 7.05 Å². The van der Waals surface area contributed by atoms with Crippen LogP contribution in [-0.4, -0.2) is 90.4 Å². The zero-order valence-electron chi connectivity index (χ0n) is 15.7. The van der Waals surface area contributed by atoms with Gasteiger partial charge in [-0.25, -0.2) is 4.79 Å². The predicted octanol–water partition coefficient (Wildman–Crippen LogP) is -1.01. The first kappa shape index (κ1) is 20.8. The lowest BCUT2D eigenvalue weighted by Crippen LogP contribution is -2.54. The van der Waals surface area contributed by atoms with Crippen molar-refractivity contribution in [1.82, 2.24) is 24.6 Å². The molecule has 2 bridgehead atoms. The van der Waals surface area contributed by atoms with E-state index in [0.29, 0.717) is 43.8 Å². The molecule has 0 aromatic heterocycles. The number of likely N-dealkylation sites (tertiary alicyclic amines) is 1. The summed E-state index contributed by atoms with van der Waals surface area (Å²) in [6, 6.07) is -2.10. The van der Waals surface area contributed by atoms with Gasteiger partial charge in [0.2, 0.25) is 11.8 Å². The molecule has 158 valence electrons. The maximum atomic E-state index is 12.7. The summed E-state index contributed by atoms with van der Waals surface area (Å²) in [6.45, 7) is 2.79. The summed E-state index contributed by atoms with van der Waals surface area (Å²) in [5.74, 6) is -0.303. The highest BCUT2D eigenvalue weighted by Gasteiger charge is 2.49. The number of amides is 4. The molecule has 0 radical (unpaired) electrons. The quantitative estimate of drug-likeness (QED) is 0.564. The summed E-state index contributed by atoms with van der Waals surface area (Å²) in [6.07, 6.45) is 2.01. The molecule has 0 aliphatic carbocycles. The summed E-state index contributed by atoms with van der Waals surface area (Å²) >= 11 is 0. The number of fused-ring (bicyclic) bond motifs is 2. The second kappa shape index (κ2) is 7.81. The van der Waals surface area contributed by atoms with Gasteiger partial charge in [0.15, 0.2) is 0 Å². The van der Waals surface area contributed by atoms with Gasteiger partial charge in [-0.15, -0.1) is 4.28 Å². The van der Waals surface area contributed by atoms with Crippen molar-refractivity contribution in [3.63, 3.8) is 0 Å². The second-order valence-corrected chi connectivity index (χ2v) is 8.76. The van der Waals surface area contributed by atoms with E-state index in [9.17, 15) is 28.0 Å². The molecule has 28 heavy (non-hydrogen) atoms. The molecule has 3 aliphatic heterocycles. The van der Waals surface area contributed by atoms with Gasteiger partial charge in [0, 0.05) is 32.6 Å². The van der Waals surface area contributed by atoms with Crippen LogP contribution in [0.3, 0.4) is 0 Å². The van der Waals surface area contributed by atoms with Crippen molar-refractivity contribution in [2.24, 2.45) is 0 Å². The summed E-state index contributed by atoms with van der Waals surface area (Å²) < 4.78 is 27.6. The lowest BCUT2D eigenvalue weighted by atomic mass is 9.99. The Bertz CT molecular complexity index is 750. The van der Waals surface area contributed by atoms with Crippen LogP contribution < -0.4 is 5.32 Å². The smallest absolute Gasteiger partial charge is 0.348 e. The Balaban J connectivity index is 1.59. The van der Waals surface area contributed by atoms with Gasteiger partial charge in [-0.3, -0.25) is 14.1 Å². The van der Waals surface area contributed by atoms with Crippen LogP contribution in [-0.2, 0) is 24.2 Å². The van der Waals surface area contributed by atoms with E-state index >= 15 is 0 Å². The first-order chi connectivity index (χ1) is 13.1. The van der Waals surface area contributed by atoms with Gasteiger partial charge in [-0.2, -0.15) is 13.5 Å². The Morgan fingerprint density at radius 3 is 2.43 bits per heavy atom. The van der Waals surface area contributed by atoms with E-state index in [2.05, 4.69) is 9.60 Å². The minimum absolute atomic E-state index is 0.00419. The lowest BCUT2D eigenvalue weighted by Gasteiger charge is -2.34. The average Bonchev–Trinajstić information content (AvgIpc) is 2.86. The van der Waals surface area contributed by atoms with Gasteiger partial charge < -0.3 is 20.3 Å². The predicted molar refractivity (Wildman–Crippen MR) is 95.3 cm³/mol. The van der Waals surface area contributed by atoms with Crippen molar-refractivity contribution < 1.29 is 27.1 Å². The molecule has 0 aromatic rings. The summed E-state index contributed by atoms with van der Waals surface area (Å²) in [7, 11) is -3.84. The van der Waals surface area contributed by atoms with E-state index in [1.807, 2.05) is 0 Å². The fraction of sp³-hybridized carbons (Fsp3) is 0.800. The minimum atomic E-state index is -4.60. The number of nitrogens with one attached hydrogen (secondary N) is 1. The number of carbonyl (C=O) groups excluding carboxylic acids is 3. The molecule has 0 saturated carbocycles. The Kier molecular flexibility index (Phi) is 5.79. The van der Waals surface area contributed by atoms with E-state index in [-0.39, 0.29) is 28.9 Å². The summed E-state index contributed by atoms with van der Waals surface area (Å²) in [4.78, 5) is 39.6. The van der Waals surface area contributed by atoms with Crippen LogP contribution >= 0.6 is 0 Å². The third-order valence-corrected chi connectivity index (χ3v) is 6.38. The molecule has 3 fully saturated rings. The zero-order valence-corrected chi connectivity index (χ0v) is 16.6. The molecule has 12 nitrogen and oxygen atoms in total. The van der Waals surface area contributed by atoms with Gasteiger partial charge >= 0.3 is 16.3 Å². The molecule has 0 spiro atoms. The molecule has 0 aromatic carbocycles. The Labute approximate surface area is 163 Å². The van der Waals surface area contributed by atoms with E-state index in [1.54, 1.807) is 4.90 Å². The van der Waals surface area contributed by atoms with Crippen molar-refractivity contribution in [3.8, 4) is 0 Å². The standard InChI is InChI=1S/C15H24N5O7S/c1-10(21)18-7-5-11(6-8-18)16-14(22)13-4-3-12-9-19(13)15(23)20(12)27-28(25,26)17(2)24/h11-13H,3-9H2,1-2H3,(H,16,22)/q-1/t12-,13+/m1/s1.